The van der Waals surface area contributed by atoms with Gasteiger partial charge in [0.1, 0.15) is 0 Å². The van der Waals surface area contributed by atoms with Gasteiger partial charge in [0.05, 0.1) is 0 Å². The fourth-order valence-corrected chi connectivity index (χ4v) is 4.26. The quantitative estimate of drug-likeness (QED) is 0.184. The Morgan fingerprint density at radius 1 is 0.872 bits per heavy atom. The number of amides is 2. The highest BCUT2D eigenvalue weighted by Crippen LogP contribution is 2.24. The summed E-state index contributed by atoms with van der Waals surface area (Å²) in [5.41, 5.74) is 17.3. The van der Waals surface area contributed by atoms with Crippen molar-refractivity contribution in [2.24, 2.45) is 11.5 Å². The Morgan fingerprint density at radius 2 is 1.46 bits per heavy atom. The lowest BCUT2D eigenvalue weighted by atomic mass is 9.99. The molecule has 0 aliphatic carbocycles. The predicted molar refractivity (Wildman–Crippen MR) is 155 cm³/mol. The Balaban J connectivity index is 1.33. The first kappa shape index (κ1) is 26.9. The van der Waals surface area contributed by atoms with Crippen molar-refractivity contribution >= 4 is 40.7 Å². The minimum atomic E-state index is -0.282. The number of anilines is 2. The van der Waals surface area contributed by atoms with Crippen LogP contribution in [0.1, 0.15) is 43.8 Å². The van der Waals surface area contributed by atoms with Crippen LogP contribution in [0.15, 0.2) is 72.8 Å². The minimum absolute atomic E-state index is 0.0815. The zero-order chi connectivity index (χ0) is 27.9. The highest BCUT2D eigenvalue weighted by Gasteiger charge is 2.14. The van der Waals surface area contributed by atoms with Gasteiger partial charge in [-0.25, -0.2) is 0 Å². The smallest absolute Gasteiger partial charge is 0.255 e. The molecule has 200 valence electrons. The van der Waals surface area contributed by atoms with Gasteiger partial charge < -0.3 is 32.3 Å². The Labute approximate surface area is 227 Å². The molecule has 1 aliphatic heterocycles. The zero-order valence-electron chi connectivity index (χ0n) is 21.7. The molecule has 39 heavy (non-hydrogen) atoms. The molecule has 0 spiro atoms. The molecule has 0 radical (unpaired) electrons. The van der Waals surface area contributed by atoms with E-state index in [0.717, 1.165) is 23.1 Å². The lowest BCUT2D eigenvalue weighted by molar-refractivity contribution is 0.101. The Morgan fingerprint density at radius 3 is 1.97 bits per heavy atom. The average Bonchev–Trinajstić information content (AvgIpc) is 2.93. The fourth-order valence-electron chi connectivity index (χ4n) is 4.26. The van der Waals surface area contributed by atoms with Gasteiger partial charge in [-0.05, 0) is 84.1 Å². The highest BCUT2D eigenvalue weighted by atomic mass is 16.2. The fraction of sp³-hybridized carbons (Fsp3) is 0.172. The van der Waals surface area contributed by atoms with Crippen molar-refractivity contribution < 1.29 is 9.59 Å². The number of carbonyl (C=O) groups is 2. The normalized spacial score (nSPS) is 12.7. The SMILES string of the molecule is Cc1cc(NC(=O)c2ccc(C(=O)Nc3ccc(C4=CCN(C(=N)N)CC4)cc3)cc2)ccc1CNC(=N)N. The zero-order valence-corrected chi connectivity index (χ0v) is 21.7. The van der Waals surface area contributed by atoms with Gasteiger partial charge in [-0.3, -0.25) is 20.4 Å². The van der Waals surface area contributed by atoms with Gasteiger partial charge in [-0.1, -0.05) is 24.3 Å². The molecule has 10 heteroatoms. The summed E-state index contributed by atoms with van der Waals surface area (Å²) in [4.78, 5) is 27.3. The maximum Gasteiger partial charge on any atom is 0.255 e. The second kappa shape index (κ2) is 12.0. The minimum Gasteiger partial charge on any atom is -0.370 e. The van der Waals surface area contributed by atoms with Gasteiger partial charge in [-0.2, -0.15) is 0 Å². The highest BCUT2D eigenvalue weighted by molar-refractivity contribution is 6.07. The van der Waals surface area contributed by atoms with Crippen molar-refractivity contribution in [3.8, 4) is 0 Å². The number of carbonyl (C=O) groups excluding carboxylic acids is 2. The Kier molecular flexibility index (Phi) is 8.25. The van der Waals surface area contributed by atoms with E-state index in [9.17, 15) is 9.59 Å². The van der Waals surface area contributed by atoms with Crippen LogP contribution in [0.4, 0.5) is 11.4 Å². The van der Waals surface area contributed by atoms with Crippen LogP contribution in [0.2, 0.25) is 0 Å². The van der Waals surface area contributed by atoms with Crippen LogP contribution in [0.25, 0.3) is 5.57 Å². The van der Waals surface area contributed by atoms with Crippen LogP contribution in [0, 0.1) is 17.7 Å². The topological polar surface area (TPSA) is 173 Å². The van der Waals surface area contributed by atoms with Gasteiger partial charge in [-0.15, -0.1) is 0 Å². The molecule has 3 aromatic carbocycles. The Bertz CT molecular complexity index is 1430. The van der Waals surface area contributed by atoms with E-state index < -0.39 is 0 Å². The standard InChI is InChI=1S/C29H32N8O2/c1-18-16-25(11-8-23(18)17-34-28(30)31)36-27(39)22-4-2-21(3-5-22)26(38)35-24-9-6-19(7-10-24)20-12-14-37(15-13-20)29(32)33/h2-12,16H,13-15,17H2,1H3,(H3,32,33)(H,35,38)(H,36,39)(H4,30,31,34). The maximum absolute atomic E-state index is 12.8. The van der Waals surface area contributed by atoms with Crippen LogP contribution in [-0.4, -0.2) is 41.7 Å². The van der Waals surface area contributed by atoms with Crippen molar-refractivity contribution in [3.05, 3.63) is 101 Å². The van der Waals surface area contributed by atoms with E-state index in [-0.39, 0.29) is 23.7 Å². The van der Waals surface area contributed by atoms with Crippen LogP contribution in [0.3, 0.4) is 0 Å². The number of rotatable bonds is 7. The molecule has 1 heterocycles. The predicted octanol–water partition coefficient (Wildman–Crippen LogP) is 3.47. The third kappa shape index (κ3) is 7.01. The summed E-state index contributed by atoms with van der Waals surface area (Å²) >= 11 is 0. The van der Waals surface area contributed by atoms with Crippen molar-refractivity contribution in [1.29, 1.82) is 10.8 Å². The summed E-state index contributed by atoms with van der Waals surface area (Å²) in [5.74, 6) is -0.569. The first-order valence-electron chi connectivity index (χ1n) is 12.5. The number of nitrogens with zero attached hydrogens (tertiary/aromatic N) is 1. The Hall–Kier alpha value is -5.12. The van der Waals surface area contributed by atoms with Gasteiger partial charge in [0, 0.05) is 42.1 Å². The van der Waals surface area contributed by atoms with E-state index in [0.29, 0.717) is 42.1 Å². The molecule has 0 atom stereocenters. The number of nitrogens with one attached hydrogen (secondary N) is 5. The number of hydrogen-bond acceptors (Lipinski definition) is 4. The number of benzene rings is 3. The molecule has 2 amide bonds. The molecular formula is C29H32N8O2. The molecule has 0 bridgehead atoms. The molecule has 3 aromatic rings. The summed E-state index contributed by atoms with van der Waals surface area (Å²) in [5, 5.41) is 23.3. The van der Waals surface area contributed by atoms with Crippen molar-refractivity contribution in [1.82, 2.24) is 10.2 Å². The van der Waals surface area contributed by atoms with Gasteiger partial charge in [0.25, 0.3) is 11.8 Å². The molecule has 10 nitrogen and oxygen atoms in total. The lowest BCUT2D eigenvalue weighted by Crippen LogP contribution is -2.39. The molecule has 4 rings (SSSR count). The summed E-state index contributed by atoms with van der Waals surface area (Å²) in [6.07, 6.45) is 2.87. The summed E-state index contributed by atoms with van der Waals surface area (Å²) in [6.45, 7) is 3.68. The second-order valence-corrected chi connectivity index (χ2v) is 9.28. The van der Waals surface area contributed by atoms with E-state index in [1.807, 2.05) is 48.2 Å². The van der Waals surface area contributed by atoms with Crippen molar-refractivity contribution in [3.63, 3.8) is 0 Å². The van der Waals surface area contributed by atoms with E-state index in [4.69, 9.17) is 22.3 Å². The van der Waals surface area contributed by atoms with Crippen LogP contribution < -0.4 is 27.4 Å². The molecular weight excluding hydrogens is 492 g/mol. The van der Waals surface area contributed by atoms with Gasteiger partial charge >= 0.3 is 0 Å². The van der Waals surface area contributed by atoms with E-state index in [1.54, 1.807) is 30.3 Å². The monoisotopic (exact) mass is 524 g/mol. The second-order valence-electron chi connectivity index (χ2n) is 9.28. The largest absolute Gasteiger partial charge is 0.370 e. The number of hydrogen-bond donors (Lipinski definition) is 7. The summed E-state index contributed by atoms with van der Waals surface area (Å²) in [6, 6.07) is 19.6. The van der Waals surface area contributed by atoms with Crippen LogP contribution >= 0.6 is 0 Å². The number of aryl methyl sites for hydroxylation is 1. The molecule has 0 aromatic heterocycles. The molecule has 0 unspecified atom stereocenters. The van der Waals surface area contributed by atoms with Gasteiger partial charge in [0.15, 0.2) is 11.9 Å². The average molecular weight is 525 g/mol. The van der Waals surface area contributed by atoms with Crippen molar-refractivity contribution in [2.45, 2.75) is 19.9 Å². The van der Waals surface area contributed by atoms with Crippen molar-refractivity contribution in [2.75, 3.05) is 23.7 Å². The summed E-state index contributed by atoms with van der Waals surface area (Å²) in [7, 11) is 0. The van der Waals surface area contributed by atoms with Gasteiger partial charge in [0.2, 0.25) is 0 Å². The van der Waals surface area contributed by atoms with E-state index in [2.05, 4.69) is 22.0 Å². The number of nitrogens with two attached hydrogens (primary N) is 2. The molecule has 1 aliphatic rings. The van der Waals surface area contributed by atoms with Crippen LogP contribution in [-0.2, 0) is 6.54 Å². The molecule has 0 saturated carbocycles. The third-order valence-corrected chi connectivity index (χ3v) is 6.54. The summed E-state index contributed by atoms with van der Waals surface area (Å²) < 4.78 is 0. The molecule has 9 N–H and O–H groups in total. The first-order valence-corrected chi connectivity index (χ1v) is 12.5. The maximum atomic E-state index is 12.8. The first-order chi connectivity index (χ1) is 18.7. The molecule has 0 saturated heterocycles. The van der Waals surface area contributed by atoms with E-state index in [1.165, 1.54) is 5.57 Å². The lowest BCUT2D eigenvalue weighted by Gasteiger charge is -2.26. The molecule has 0 fully saturated rings. The van der Waals surface area contributed by atoms with E-state index >= 15 is 0 Å². The third-order valence-electron chi connectivity index (χ3n) is 6.54. The number of guanidine groups is 2. The van der Waals surface area contributed by atoms with Crippen LogP contribution in [0.5, 0.6) is 0 Å².